The second kappa shape index (κ2) is 4.50. The Bertz CT molecular complexity index is 479. The minimum atomic E-state index is 0.0634. The number of tetrazole rings is 1. The number of furan rings is 1. The molecular weight excluding hydrogens is 238 g/mol. The molecule has 1 atom stereocenters. The van der Waals surface area contributed by atoms with E-state index in [2.05, 4.69) is 15.5 Å². The van der Waals surface area contributed by atoms with Crippen LogP contribution in [-0.4, -0.2) is 26.8 Å². The molecule has 1 unspecified atom stereocenters. The maximum atomic E-state index is 5.76. The Balaban J connectivity index is 1.78. The standard InChI is InChI=1S/C10H13N5OS/c11-6-9(8-2-1-5-16-8)17-10-12-13-14-15(10)7-3-4-7/h1-2,5,7,9H,3-4,6,11H2. The van der Waals surface area contributed by atoms with Gasteiger partial charge in [-0.1, -0.05) is 11.8 Å². The third kappa shape index (κ3) is 2.20. The molecule has 17 heavy (non-hydrogen) atoms. The van der Waals surface area contributed by atoms with Crippen LogP contribution in [0.25, 0.3) is 0 Å². The van der Waals surface area contributed by atoms with Gasteiger partial charge in [0.25, 0.3) is 0 Å². The van der Waals surface area contributed by atoms with E-state index < -0.39 is 0 Å². The molecule has 90 valence electrons. The van der Waals surface area contributed by atoms with Crippen molar-refractivity contribution in [3.8, 4) is 0 Å². The summed E-state index contributed by atoms with van der Waals surface area (Å²) in [7, 11) is 0. The van der Waals surface area contributed by atoms with Gasteiger partial charge >= 0.3 is 0 Å². The summed E-state index contributed by atoms with van der Waals surface area (Å²) in [6.45, 7) is 0.496. The van der Waals surface area contributed by atoms with E-state index in [4.69, 9.17) is 10.2 Å². The van der Waals surface area contributed by atoms with Crippen LogP contribution in [0.3, 0.4) is 0 Å². The number of nitrogens with zero attached hydrogens (tertiary/aromatic N) is 4. The van der Waals surface area contributed by atoms with Crippen molar-refractivity contribution in [2.75, 3.05) is 6.54 Å². The topological polar surface area (TPSA) is 82.8 Å². The van der Waals surface area contributed by atoms with Crippen LogP contribution in [0.4, 0.5) is 0 Å². The molecule has 1 aliphatic carbocycles. The number of hydrogen-bond donors (Lipinski definition) is 1. The number of nitrogens with two attached hydrogens (primary N) is 1. The van der Waals surface area contributed by atoms with Gasteiger partial charge in [-0.3, -0.25) is 0 Å². The zero-order valence-electron chi connectivity index (χ0n) is 9.19. The average Bonchev–Trinajstić information content (AvgIpc) is 2.88. The first-order valence-corrected chi connectivity index (χ1v) is 6.44. The highest BCUT2D eigenvalue weighted by Gasteiger charge is 2.29. The first kappa shape index (κ1) is 10.8. The molecule has 0 radical (unpaired) electrons. The van der Waals surface area contributed by atoms with Gasteiger partial charge in [0.05, 0.1) is 17.6 Å². The average molecular weight is 251 g/mol. The number of aromatic nitrogens is 4. The maximum absolute atomic E-state index is 5.76. The molecule has 3 rings (SSSR count). The van der Waals surface area contributed by atoms with E-state index in [9.17, 15) is 0 Å². The minimum absolute atomic E-state index is 0.0634. The van der Waals surface area contributed by atoms with Gasteiger partial charge in [0, 0.05) is 6.54 Å². The monoisotopic (exact) mass is 251 g/mol. The summed E-state index contributed by atoms with van der Waals surface area (Å²) >= 11 is 1.56. The molecular formula is C10H13N5OS. The predicted molar refractivity (Wildman–Crippen MR) is 62.4 cm³/mol. The summed E-state index contributed by atoms with van der Waals surface area (Å²) in [6, 6.07) is 4.26. The second-order valence-electron chi connectivity index (χ2n) is 3.99. The molecule has 0 bridgehead atoms. The Kier molecular flexibility index (Phi) is 2.86. The van der Waals surface area contributed by atoms with Crippen molar-refractivity contribution >= 4 is 11.8 Å². The highest BCUT2D eigenvalue weighted by molar-refractivity contribution is 7.99. The smallest absolute Gasteiger partial charge is 0.210 e. The summed E-state index contributed by atoms with van der Waals surface area (Å²) < 4.78 is 7.26. The normalized spacial score (nSPS) is 17.2. The summed E-state index contributed by atoms with van der Waals surface area (Å²) in [5.41, 5.74) is 5.76. The lowest BCUT2D eigenvalue weighted by Gasteiger charge is -2.10. The maximum Gasteiger partial charge on any atom is 0.210 e. The van der Waals surface area contributed by atoms with Gasteiger partial charge in [0.15, 0.2) is 0 Å². The van der Waals surface area contributed by atoms with Gasteiger partial charge in [-0.25, -0.2) is 4.68 Å². The zero-order chi connectivity index (χ0) is 11.7. The van der Waals surface area contributed by atoms with Gasteiger partial charge in [-0.2, -0.15) is 0 Å². The third-order valence-electron chi connectivity index (χ3n) is 2.68. The van der Waals surface area contributed by atoms with Gasteiger partial charge in [0.1, 0.15) is 5.76 Å². The fourth-order valence-corrected chi connectivity index (χ4v) is 2.61. The molecule has 0 aromatic carbocycles. The van der Waals surface area contributed by atoms with E-state index in [1.807, 2.05) is 16.8 Å². The van der Waals surface area contributed by atoms with Crippen molar-refractivity contribution in [3.05, 3.63) is 24.2 Å². The largest absolute Gasteiger partial charge is 0.468 e. The van der Waals surface area contributed by atoms with Gasteiger partial charge in [-0.15, -0.1) is 5.10 Å². The Hall–Kier alpha value is -1.34. The highest BCUT2D eigenvalue weighted by atomic mass is 32.2. The van der Waals surface area contributed by atoms with Crippen LogP contribution < -0.4 is 5.73 Å². The molecule has 6 nitrogen and oxygen atoms in total. The van der Waals surface area contributed by atoms with Crippen LogP contribution in [0, 0.1) is 0 Å². The summed E-state index contributed by atoms with van der Waals surface area (Å²) in [5.74, 6) is 0.864. The Morgan fingerprint density at radius 2 is 2.47 bits per heavy atom. The summed E-state index contributed by atoms with van der Waals surface area (Å²) in [5, 5.41) is 12.7. The van der Waals surface area contributed by atoms with Crippen molar-refractivity contribution in [1.29, 1.82) is 0 Å². The quantitative estimate of drug-likeness (QED) is 0.809. The van der Waals surface area contributed by atoms with E-state index in [0.717, 1.165) is 23.8 Å². The fraction of sp³-hybridized carbons (Fsp3) is 0.500. The summed E-state index contributed by atoms with van der Waals surface area (Å²) in [6.07, 6.45) is 3.97. The van der Waals surface area contributed by atoms with Crippen molar-refractivity contribution in [2.45, 2.75) is 29.3 Å². The zero-order valence-corrected chi connectivity index (χ0v) is 10.0. The molecule has 0 amide bonds. The molecule has 0 spiro atoms. The molecule has 1 fully saturated rings. The molecule has 0 saturated heterocycles. The lowest BCUT2D eigenvalue weighted by molar-refractivity contribution is 0.505. The van der Waals surface area contributed by atoms with Gasteiger partial charge in [0.2, 0.25) is 5.16 Å². The summed E-state index contributed by atoms with van der Waals surface area (Å²) in [4.78, 5) is 0. The number of thioether (sulfide) groups is 1. The van der Waals surface area contributed by atoms with Crippen LogP contribution >= 0.6 is 11.8 Å². The Morgan fingerprint density at radius 3 is 3.12 bits per heavy atom. The molecule has 2 aromatic heterocycles. The van der Waals surface area contributed by atoms with E-state index in [0.29, 0.717) is 12.6 Å². The van der Waals surface area contributed by atoms with Crippen LogP contribution in [0.5, 0.6) is 0 Å². The first-order chi connectivity index (χ1) is 8.38. The minimum Gasteiger partial charge on any atom is -0.468 e. The van der Waals surface area contributed by atoms with Crippen molar-refractivity contribution in [2.24, 2.45) is 5.73 Å². The van der Waals surface area contributed by atoms with Crippen molar-refractivity contribution in [3.63, 3.8) is 0 Å². The van der Waals surface area contributed by atoms with E-state index >= 15 is 0 Å². The highest BCUT2D eigenvalue weighted by Crippen LogP contribution is 2.39. The van der Waals surface area contributed by atoms with Crippen molar-refractivity contribution in [1.82, 2.24) is 20.2 Å². The van der Waals surface area contributed by atoms with Crippen LogP contribution in [0.2, 0.25) is 0 Å². The lowest BCUT2D eigenvalue weighted by Crippen LogP contribution is -2.10. The number of hydrogen-bond acceptors (Lipinski definition) is 6. The fourth-order valence-electron chi connectivity index (χ4n) is 1.64. The SMILES string of the molecule is NCC(Sc1nnnn1C1CC1)c1ccco1. The molecule has 2 heterocycles. The molecule has 2 N–H and O–H groups in total. The van der Waals surface area contributed by atoms with Crippen LogP contribution in [0.15, 0.2) is 28.0 Å². The molecule has 1 saturated carbocycles. The number of rotatable bonds is 5. The Morgan fingerprint density at radius 1 is 1.59 bits per heavy atom. The van der Waals surface area contributed by atoms with Crippen molar-refractivity contribution < 1.29 is 4.42 Å². The Labute approximate surface area is 103 Å². The molecule has 1 aliphatic rings. The van der Waals surface area contributed by atoms with E-state index in [1.54, 1.807) is 18.0 Å². The molecule has 0 aliphatic heterocycles. The predicted octanol–water partition coefficient (Wildman–Crippen LogP) is 1.39. The molecule has 7 heteroatoms. The second-order valence-corrected chi connectivity index (χ2v) is 5.16. The van der Waals surface area contributed by atoms with Crippen LogP contribution in [-0.2, 0) is 0 Å². The van der Waals surface area contributed by atoms with E-state index in [-0.39, 0.29) is 5.25 Å². The van der Waals surface area contributed by atoms with Gasteiger partial charge in [-0.05, 0) is 35.4 Å². The third-order valence-corrected chi connectivity index (χ3v) is 3.87. The molecule has 2 aromatic rings. The van der Waals surface area contributed by atoms with Gasteiger partial charge < -0.3 is 10.2 Å². The first-order valence-electron chi connectivity index (χ1n) is 5.56. The van der Waals surface area contributed by atoms with Crippen LogP contribution in [0.1, 0.15) is 29.9 Å². The lowest BCUT2D eigenvalue weighted by atomic mass is 10.3. The van der Waals surface area contributed by atoms with E-state index in [1.165, 1.54) is 0 Å².